The van der Waals surface area contributed by atoms with Crippen LogP contribution >= 0.6 is 0 Å². The zero-order valence-electron chi connectivity index (χ0n) is 16.1. The summed E-state index contributed by atoms with van der Waals surface area (Å²) in [5.41, 5.74) is 3.12. The van der Waals surface area contributed by atoms with Crippen molar-refractivity contribution in [1.29, 1.82) is 0 Å². The van der Waals surface area contributed by atoms with E-state index in [-0.39, 0.29) is 29.7 Å². The van der Waals surface area contributed by atoms with Crippen LogP contribution in [0.2, 0.25) is 0 Å². The van der Waals surface area contributed by atoms with E-state index in [9.17, 15) is 14.4 Å². The van der Waals surface area contributed by atoms with Crippen LogP contribution in [0.5, 0.6) is 0 Å². The molecule has 28 heavy (non-hydrogen) atoms. The van der Waals surface area contributed by atoms with Crippen LogP contribution in [0, 0.1) is 5.92 Å². The highest BCUT2D eigenvalue weighted by atomic mass is 16.2. The maximum Gasteiger partial charge on any atom is 0.262 e. The minimum Gasteiger partial charge on any atom is -0.347 e. The van der Waals surface area contributed by atoms with Crippen molar-refractivity contribution in [2.24, 2.45) is 5.92 Å². The SMILES string of the molecule is CC(C)C[C@H](C(=O)N[C@H]1CCc2ccccc21)N1C(=O)c2ccccc2C1=O. The summed E-state index contributed by atoms with van der Waals surface area (Å²) in [5.74, 6) is -0.859. The van der Waals surface area contributed by atoms with E-state index in [2.05, 4.69) is 11.4 Å². The van der Waals surface area contributed by atoms with Crippen LogP contribution in [0.4, 0.5) is 0 Å². The summed E-state index contributed by atoms with van der Waals surface area (Å²) in [6.45, 7) is 3.98. The van der Waals surface area contributed by atoms with E-state index < -0.39 is 6.04 Å². The zero-order chi connectivity index (χ0) is 19.8. The lowest BCUT2D eigenvalue weighted by atomic mass is 10.0. The molecule has 5 nitrogen and oxygen atoms in total. The van der Waals surface area contributed by atoms with Gasteiger partial charge in [-0.2, -0.15) is 0 Å². The van der Waals surface area contributed by atoms with Gasteiger partial charge in [0.05, 0.1) is 17.2 Å². The standard InChI is InChI=1S/C23H24N2O3/c1-14(2)13-20(25-22(27)17-9-5-6-10-18(17)23(25)28)21(26)24-19-12-11-15-7-3-4-8-16(15)19/h3-10,14,19-20H,11-13H2,1-2H3,(H,24,26)/t19-,20+/m0/s1. The van der Waals surface area contributed by atoms with E-state index in [1.54, 1.807) is 24.3 Å². The molecular formula is C23H24N2O3. The number of imide groups is 1. The Hall–Kier alpha value is -2.95. The van der Waals surface area contributed by atoms with Gasteiger partial charge in [0.1, 0.15) is 6.04 Å². The van der Waals surface area contributed by atoms with Crippen molar-refractivity contribution in [3.05, 3.63) is 70.8 Å². The number of nitrogens with one attached hydrogen (secondary N) is 1. The fraction of sp³-hybridized carbons (Fsp3) is 0.348. The highest BCUT2D eigenvalue weighted by Crippen LogP contribution is 2.32. The van der Waals surface area contributed by atoms with Crippen molar-refractivity contribution in [2.45, 2.75) is 45.2 Å². The van der Waals surface area contributed by atoms with Crippen molar-refractivity contribution in [2.75, 3.05) is 0 Å². The van der Waals surface area contributed by atoms with Crippen LogP contribution in [-0.4, -0.2) is 28.7 Å². The fourth-order valence-corrected chi connectivity index (χ4v) is 4.24. The zero-order valence-corrected chi connectivity index (χ0v) is 16.1. The molecule has 0 bridgehead atoms. The molecule has 2 aromatic carbocycles. The molecule has 2 aromatic rings. The minimum atomic E-state index is -0.805. The first-order valence-corrected chi connectivity index (χ1v) is 9.82. The van der Waals surface area contributed by atoms with Crippen molar-refractivity contribution < 1.29 is 14.4 Å². The summed E-state index contributed by atoms with van der Waals surface area (Å²) in [5, 5.41) is 3.10. The summed E-state index contributed by atoms with van der Waals surface area (Å²) in [6.07, 6.45) is 2.19. The van der Waals surface area contributed by atoms with Crippen LogP contribution in [0.25, 0.3) is 0 Å². The quantitative estimate of drug-likeness (QED) is 0.812. The van der Waals surface area contributed by atoms with Gasteiger partial charge in [0, 0.05) is 0 Å². The van der Waals surface area contributed by atoms with Crippen LogP contribution in [0.1, 0.15) is 64.6 Å². The Morgan fingerprint density at radius 1 is 1.04 bits per heavy atom. The molecule has 144 valence electrons. The molecule has 0 aromatic heterocycles. The number of hydrogen-bond acceptors (Lipinski definition) is 3. The fourth-order valence-electron chi connectivity index (χ4n) is 4.24. The summed E-state index contributed by atoms with van der Waals surface area (Å²) >= 11 is 0. The monoisotopic (exact) mass is 376 g/mol. The number of hydrogen-bond donors (Lipinski definition) is 1. The highest BCUT2D eigenvalue weighted by Gasteiger charge is 2.43. The third-order valence-electron chi connectivity index (χ3n) is 5.58. The normalized spacial score (nSPS) is 19.0. The van der Waals surface area contributed by atoms with Crippen molar-refractivity contribution in [3.63, 3.8) is 0 Å². The second-order valence-corrected chi connectivity index (χ2v) is 7.97. The molecule has 0 saturated carbocycles. The first-order chi connectivity index (χ1) is 13.5. The van der Waals surface area contributed by atoms with Gasteiger partial charge in [-0.25, -0.2) is 0 Å². The molecule has 0 spiro atoms. The number of fused-ring (bicyclic) bond motifs is 2. The first-order valence-electron chi connectivity index (χ1n) is 9.82. The minimum absolute atomic E-state index is 0.0754. The second kappa shape index (κ2) is 7.23. The van der Waals surface area contributed by atoms with Gasteiger partial charge < -0.3 is 5.32 Å². The average molecular weight is 376 g/mol. The molecule has 0 saturated heterocycles. The Labute approximate surface area is 164 Å². The number of carbonyl (C=O) groups is 3. The average Bonchev–Trinajstić information content (AvgIpc) is 3.20. The molecule has 1 aliphatic heterocycles. The molecule has 1 heterocycles. The summed E-state index contributed by atoms with van der Waals surface area (Å²) in [6, 6.07) is 14.0. The summed E-state index contributed by atoms with van der Waals surface area (Å²) in [7, 11) is 0. The molecule has 0 radical (unpaired) electrons. The largest absolute Gasteiger partial charge is 0.347 e. The lowest BCUT2D eigenvalue weighted by Crippen LogP contribution is -2.50. The van der Waals surface area contributed by atoms with Crippen molar-refractivity contribution >= 4 is 17.7 Å². The molecular weight excluding hydrogens is 352 g/mol. The maximum atomic E-state index is 13.2. The molecule has 5 heteroatoms. The molecule has 2 atom stereocenters. The van der Waals surface area contributed by atoms with Gasteiger partial charge >= 0.3 is 0 Å². The Morgan fingerprint density at radius 3 is 2.29 bits per heavy atom. The predicted molar refractivity (Wildman–Crippen MR) is 106 cm³/mol. The second-order valence-electron chi connectivity index (χ2n) is 7.97. The third-order valence-corrected chi connectivity index (χ3v) is 5.58. The van der Waals surface area contributed by atoms with Gasteiger partial charge in [0.2, 0.25) is 5.91 Å². The summed E-state index contributed by atoms with van der Waals surface area (Å²) < 4.78 is 0. The molecule has 1 N–H and O–H groups in total. The van der Waals surface area contributed by atoms with E-state index in [1.807, 2.05) is 32.0 Å². The van der Waals surface area contributed by atoms with Gasteiger partial charge in [-0.3, -0.25) is 19.3 Å². The molecule has 2 aliphatic rings. The third kappa shape index (κ3) is 3.11. The van der Waals surface area contributed by atoms with E-state index in [4.69, 9.17) is 0 Å². The Bertz CT molecular complexity index is 915. The topological polar surface area (TPSA) is 66.5 Å². The van der Waals surface area contributed by atoms with Gasteiger partial charge in [-0.1, -0.05) is 50.2 Å². The molecule has 0 fully saturated rings. The van der Waals surface area contributed by atoms with Gasteiger partial charge in [-0.05, 0) is 48.4 Å². The number of amides is 3. The van der Waals surface area contributed by atoms with E-state index in [0.717, 1.165) is 23.3 Å². The molecule has 4 rings (SSSR count). The Balaban J connectivity index is 1.60. The number of rotatable bonds is 5. The van der Waals surface area contributed by atoms with Gasteiger partial charge in [0.15, 0.2) is 0 Å². The molecule has 3 amide bonds. The molecule has 1 aliphatic carbocycles. The molecule has 0 unspecified atom stereocenters. The van der Waals surface area contributed by atoms with Crippen LogP contribution in [-0.2, 0) is 11.2 Å². The van der Waals surface area contributed by atoms with E-state index in [1.165, 1.54) is 5.56 Å². The lowest BCUT2D eigenvalue weighted by Gasteiger charge is -2.28. The Morgan fingerprint density at radius 2 is 1.64 bits per heavy atom. The number of nitrogens with zero attached hydrogens (tertiary/aromatic N) is 1. The number of benzene rings is 2. The first kappa shape index (κ1) is 18.4. The van der Waals surface area contributed by atoms with E-state index in [0.29, 0.717) is 17.5 Å². The maximum absolute atomic E-state index is 13.2. The van der Waals surface area contributed by atoms with Crippen molar-refractivity contribution in [3.8, 4) is 0 Å². The van der Waals surface area contributed by atoms with E-state index >= 15 is 0 Å². The van der Waals surface area contributed by atoms with Crippen LogP contribution < -0.4 is 5.32 Å². The summed E-state index contributed by atoms with van der Waals surface area (Å²) in [4.78, 5) is 40.2. The Kier molecular flexibility index (Phi) is 4.75. The number of aryl methyl sites for hydroxylation is 1. The van der Waals surface area contributed by atoms with Crippen molar-refractivity contribution in [1.82, 2.24) is 10.2 Å². The van der Waals surface area contributed by atoms with Gasteiger partial charge in [0.25, 0.3) is 11.8 Å². The highest BCUT2D eigenvalue weighted by molar-refractivity contribution is 6.22. The van der Waals surface area contributed by atoms with Gasteiger partial charge in [-0.15, -0.1) is 0 Å². The predicted octanol–water partition coefficient (Wildman–Crippen LogP) is 3.50. The smallest absolute Gasteiger partial charge is 0.262 e. The van der Waals surface area contributed by atoms with Crippen LogP contribution in [0.15, 0.2) is 48.5 Å². The number of carbonyl (C=O) groups excluding carboxylic acids is 3. The lowest BCUT2D eigenvalue weighted by molar-refractivity contribution is -0.126. The van der Waals surface area contributed by atoms with Crippen LogP contribution in [0.3, 0.4) is 0 Å².